The van der Waals surface area contributed by atoms with E-state index in [0.717, 1.165) is 44.3 Å². The molecule has 38 heavy (non-hydrogen) atoms. The molecule has 0 atom stereocenters. The number of nitrogens with zero attached hydrogens (tertiary/aromatic N) is 4. The van der Waals surface area contributed by atoms with Gasteiger partial charge in [-0.05, 0) is 55.7 Å². The van der Waals surface area contributed by atoms with Gasteiger partial charge in [0.05, 0.1) is 0 Å². The van der Waals surface area contributed by atoms with E-state index in [9.17, 15) is 14.4 Å². The normalized spacial score (nSPS) is 14.3. The lowest BCUT2D eigenvalue weighted by Gasteiger charge is -2.32. The number of amides is 1. The van der Waals surface area contributed by atoms with Crippen LogP contribution >= 0.6 is 0 Å². The standard InChI is InChI=1S/C30H35N5O3/c1-3-16-34-27-25(29(37)35(17-4-2)30(34)38)31-26(32-27)23-10-12-24(13-11-23)28(36)33-18-14-22(15-19-33)20-21-8-6-5-7-9-21/h5-13,22H,3-4,14-20H2,1-2H3,(H,31,32). The van der Waals surface area contributed by atoms with Crippen LogP contribution in [0.2, 0.25) is 0 Å². The summed E-state index contributed by atoms with van der Waals surface area (Å²) in [5, 5.41) is 0. The third-order valence-electron chi connectivity index (χ3n) is 7.43. The van der Waals surface area contributed by atoms with E-state index in [-0.39, 0.29) is 17.2 Å². The summed E-state index contributed by atoms with van der Waals surface area (Å²) in [7, 11) is 0. The molecule has 5 rings (SSSR count). The number of hydrogen-bond donors (Lipinski definition) is 1. The van der Waals surface area contributed by atoms with Crippen molar-refractivity contribution in [2.24, 2.45) is 5.92 Å². The predicted molar refractivity (Wildman–Crippen MR) is 149 cm³/mol. The van der Waals surface area contributed by atoms with Gasteiger partial charge in [-0.2, -0.15) is 0 Å². The third-order valence-corrected chi connectivity index (χ3v) is 7.43. The van der Waals surface area contributed by atoms with E-state index < -0.39 is 0 Å². The smallest absolute Gasteiger partial charge is 0.332 e. The maximum absolute atomic E-state index is 13.2. The number of piperidine rings is 1. The summed E-state index contributed by atoms with van der Waals surface area (Å²) in [6.07, 6.45) is 4.51. The molecule has 3 heterocycles. The molecule has 2 aromatic carbocycles. The van der Waals surface area contributed by atoms with Crippen molar-refractivity contribution in [3.63, 3.8) is 0 Å². The first-order chi connectivity index (χ1) is 18.5. The SMILES string of the molecule is CCCn1c(=O)c2[nH]c(-c3ccc(C(=O)N4CCC(Cc5ccccc5)CC4)cc3)nc2n(CCC)c1=O. The fourth-order valence-electron chi connectivity index (χ4n) is 5.39. The molecule has 8 nitrogen and oxygen atoms in total. The van der Waals surface area contributed by atoms with Gasteiger partial charge in [-0.25, -0.2) is 9.78 Å². The minimum absolute atomic E-state index is 0.0403. The summed E-state index contributed by atoms with van der Waals surface area (Å²) in [6.45, 7) is 6.31. The number of aromatic amines is 1. The maximum Gasteiger partial charge on any atom is 0.332 e. The Balaban J connectivity index is 1.32. The monoisotopic (exact) mass is 513 g/mol. The zero-order chi connectivity index (χ0) is 26.6. The molecular weight excluding hydrogens is 478 g/mol. The minimum Gasteiger partial charge on any atom is -0.339 e. The topological polar surface area (TPSA) is 93.0 Å². The Bertz CT molecular complexity index is 1520. The van der Waals surface area contributed by atoms with Crippen LogP contribution in [-0.2, 0) is 19.5 Å². The number of carbonyl (C=O) groups is 1. The highest BCUT2D eigenvalue weighted by molar-refractivity contribution is 5.94. The van der Waals surface area contributed by atoms with Crippen LogP contribution in [0.5, 0.6) is 0 Å². The fourth-order valence-corrected chi connectivity index (χ4v) is 5.39. The zero-order valence-electron chi connectivity index (χ0n) is 22.2. The van der Waals surface area contributed by atoms with E-state index in [4.69, 9.17) is 0 Å². The van der Waals surface area contributed by atoms with Gasteiger partial charge >= 0.3 is 5.69 Å². The van der Waals surface area contributed by atoms with E-state index in [1.165, 1.54) is 10.1 Å². The maximum atomic E-state index is 13.2. The number of imidazole rings is 1. The summed E-state index contributed by atoms with van der Waals surface area (Å²) in [6, 6.07) is 17.9. The molecule has 1 saturated heterocycles. The number of carbonyl (C=O) groups excluding carboxylic acids is 1. The Kier molecular flexibility index (Phi) is 7.58. The Hall–Kier alpha value is -3.94. The predicted octanol–water partition coefficient (Wildman–Crippen LogP) is 4.47. The van der Waals surface area contributed by atoms with Gasteiger partial charge in [0.25, 0.3) is 11.5 Å². The summed E-state index contributed by atoms with van der Waals surface area (Å²) in [5.41, 5.74) is 2.80. The van der Waals surface area contributed by atoms with Gasteiger partial charge in [-0.15, -0.1) is 0 Å². The van der Waals surface area contributed by atoms with Crippen molar-refractivity contribution in [1.82, 2.24) is 24.0 Å². The average molecular weight is 514 g/mol. The van der Waals surface area contributed by atoms with E-state index in [1.54, 1.807) is 4.57 Å². The summed E-state index contributed by atoms with van der Waals surface area (Å²) in [5.74, 6) is 1.15. The molecule has 1 N–H and O–H groups in total. The van der Waals surface area contributed by atoms with Crippen LogP contribution < -0.4 is 11.2 Å². The third kappa shape index (κ3) is 5.08. The number of benzene rings is 2. The molecule has 0 spiro atoms. The Morgan fingerprint density at radius 1 is 0.921 bits per heavy atom. The highest BCUT2D eigenvalue weighted by Gasteiger charge is 2.24. The van der Waals surface area contributed by atoms with Crippen LogP contribution in [-0.4, -0.2) is 43.0 Å². The van der Waals surface area contributed by atoms with Gasteiger partial charge in [0, 0.05) is 37.3 Å². The number of rotatable bonds is 8. The molecule has 0 aliphatic carbocycles. The lowest BCUT2D eigenvalue weighted by molar-refractivity contribution is 0.0690. The van der Waals surface area contributed by atoms with Crippen LogP contribution in [0.3, 0.4) is 0 Å². The molecule has 0 unspecified atom stereocenters. The molecule has 0 bridgehead atoms. The van der Waals surface area contributed by atoms with Crippen molar-refractivity contribution in [2.45, 2.75) is 59.0 Å². The molecule has 1 amide bonds. The van der Waals surface area contributed by atoms with Gasteiger partial charge in [-0.3, -0.25) is 18.7 Å². The van der Waals surface area contributed by atoms with Gasteiger partial charge in [0.15, 0.2) is 5.65 Å². The van der Waals surface area contributed by atoms with Gasteiger partial charge in [-0.1, -0.05) is 56.3 Å². The second-order valence-electron chi connectivity index (χ2n) is 10.2. The van der Waals surface area contributed by atoms with Crippen LogP contribution in [0.25, 0.3) is 22.6 Å². The van der Waals surface area contributed by atoms with Gasteiger partial charge in [0.2, 0.25) is 0 Å². The van der Waals surface area contributed by atoms with Crippen molar-refractivity contribution in [3.8, 4) is 11.4 Å². The number of fused-ring (bicyclic) bond motifs is 1. The molecule has 1 aliphatic heterocycles. The van der Waals surface area contributed by atoms with Gasteiger partial charge in [0.1, 0.15) is 11.3 Å². The molecule has 0 saturated carbocycles. The lowest BCUT2D eigenvalue weighted by atomic mass is 9.90. The summed E-state index contributed by atoms with van der Waals surface area (Å²) >= 11 is 0. The molecule has 198 valence electrons. The van der Waals surface area contributed by atoms with Crippen LogP contribution in [0.15, 0.2) is 64.2 Å². The number of nitrogens with one attached hydrogen (secondary N) is 1. The lowest BCUT2D eigenvalue weighted by Crippen LogP contribution is -2.40. The fraction of sp³-hybridized carbons (Fsp3) is 0.400. The number of likely N-dealkylation sites (tertiary alicyclic amines) is 1. The average Bonchev–Trinajstić information content (AvgIpc) is 3.40. The Morgan fingerprint density at radius 3 is 2.24 bits per heavy atom. The molecule has 8 heteroatoms. The number of hydrogen-bond acceptors (Lipinski definition) is 4. The Labute approximate surface area is 221 Å². The largest absolute Gasteiger partial charge is 0.339 e. The first kappa shape index (κ1) is 25.7. The highest BCUT2D eigenvalue weighted by atomic mass is 16.2. The van der Waals surface area contributed by atoms with Crippen molar-refractivity contribution < 1.29 is 4.79 Å². The van der Waals surface area contributed by atoms with E-state index in [1.807, 2.05) is 49.1 Å². The number of aryl methyl sites for hydroxylation is 1. The zero-order valence-corrected chi connectivity index (χ0v) is 22.2. The van der Waals surface area contributed by atoms with Crippen molar-refractivity contribution in [1.29, 1.82) is 0 Å². The Morgan fingerprint density at radius 2 is 1.58 bits per heavy atom. The molecule has 0 radical (unpaired) electrons. The molecule has 1 aliphatic rings. The molecule has 1 fully saturated rings. The van der Waals surface area contributed by atoms with Crippen molar-refractivity contribution >= 4 is 17.1 Å². The molecular formula is C30H35N5O3. The van der Waals surface area contributed by atoms with Crippen LogP contribution in [0, 0.1) is 5.92 Å². The van der Waals surface area contributed by atoms with E-state index in [0.29, 0.717) is 48.0 Å². The second kappa shape index (κ2) is 11.2. The number of aromatic nitrogens is 4. The molecule has 2 aromatic heterocycles. The summed E-state index contributed by atoms with van der Waals surface area (Å²) < 4.78 is 2.86. The van der Waals surface area contributed by atoms with Crippen LogP contribution in [0.4, 0.5) is 0 Å². The van der Waals surface area contributed by atoms with Crippen molar-refractivity contribution in [3.05, 3.63) is 86.6 Å². The number of H-pyrrole nitrogens is 1. The van der Waals surface area contributed by atoms with Crippen LogP contribution in [0.1, 0.15) is 55.5 Å². The van der Waals surface area contributed by atoms with Crippen molar-refractivity contribution in [2.75, 3.05) is 13.1 Å². The summed E-state index contributed by atoms with van der Waals surface area (Å²) in [4.78, 5) is 48.8. The minimum atomic E-state index is -0.347. The van der Waals surface area contributed by atoms with Gasteiger partial charge < -0.3 is 9.88 Å². The highest BCUT2D eigenvalue weighted by Crippen LogP contribution is 2.24. The van der Waals surface area contributed by atoms with E-state index >= 15 is 0 Å². The second-order valence-corrected chi connectivity index (χ2v) is 10.2. The van der Waals surface area contributed by atoms with E-state index in [2.05, 4.69) is 34.2 Å². The first-order valence-electron chi connectivity index (χ1n) is 13.7. The quantitative estimate of drug-likeness (QED) is 0.376. The first-order valence-corrected chi connectivity index (χ1v) is 13.7. The molecule has 4 aromatic rings.